The first-order chi connectivity index (χ1) is 7.90. The van der Waals surface area contributed by atoms with Crippen LogP contribution >= 0.6 is 0 Å². The van der Waals surface area contributed by atoms with Gasteiger partial charge in [-0.2, -0.15) is 0 Å². The highest BCUT2D eigenvalue weighted by Crippen LogP contribution is 2.39. The molecule has 1 aromatic rings. The van der Waals surface area contributed by atoms with Crippen LogP contribution in [0.1, 0.15) is 48.6 Å². The van der Waals surface area contributed by atoms with Crippen LogP contribution < -0.4 is 5.32 Å². The van der Waals surface area contributed by atoms with E-state index in [-0.39, 0.29) is 11.3 Å². The summed E-state index contributed by atoms with van der Waals surface area (Å²) >= 11 is 0. The number of aromatic carboxylic acids is 1. The Morgan fingerprint density at radius 3 is 2.71 bits per heavy atom. The van der Waals surface area contributed by atoms with E-state index in [0.717, 1.165) is 5.92 Å². The van der Waals surface area contributed by atoms with Gasteiger partial charge in [0.25, 0.3) is 0 Å². The Bertz CT molecular complexity index is 430. The van der Waals surface area contributed by atoms with E-state index in [9.17, 15) is 4.79 Å². The lowest BCUT2D eigenvalue weighted by Gasteiger charge is -2.25. The van der Waals surface area contributed by atoms with Crippen molar-refractivity contribution in [2.45, 2.75) is 45.7 Å². The average molecular weight is 237 g/mol. The van der Waals surface area contributed by atoms with Gasteiger partial charge in [-0.3, -0.25) is 0 Å². The number of hydrogen-bond donors (Lipinski definition) is 2. The number of hydrogen-bond acceptors (Lipinski definition) is 3. The molecule has 1 aliphatic rings. The second-order valence-corrected chi connectivity index (χ2v) is 5.38. The van der Waals surface area contributed by atoms with E-state index in [0.29, 0.717) is 17.9 Å². The summed E-state index contributed by atoms with van der Waals surface area (Å²) in [5.41, 5.74) is 0.780. The molecule has 1 saturated carbocycles. The predicted molar refractivity (Wildman–Crippen MR) is 64.0 cm³/mol. The normalized spacial score (nSPS) is 16.2. The molecule has 0 aromatic carbocycles. The second-order valence-electron chi connectivity index (χ2n) is 5.38. The topological polar surface area (TPSA) is 62.5 Å². The zero-order chi connectivity index (χ0) is 12.6. The molecule has 1 fully saturated rings. The highest BCUT2D eigenvalue weighted by Gasteiger charge is 2.37. The molecular weight excluding hydrogens is 218 g/mol. The Hall–Kier alpha value is -1.29. The summed E-state index contributed by atoms with van der Waals surface area (Å²) in [5.74, 6) is 0.465. The summed E-state index contributed by atoms with van der Waals surface area (Å²) in [6, 6.07) is 1.79. The largest absolute Gasteiger partial charge is 0.475 e. The van der Waals surface area contributed by atoms with Gasteiger partial charge in [0.1, 0.15) is 5.76 Å². The van der Waals surface area contributed by atoms with Gasteiger partial charge in [-0.1, -0.05) is 0 Å². The van der Waals surface area contributed by atoms with Gasteiger partial charge in [0, 0.05) is 11.1 Å². The summed E-state index contributed by atoms with van der Waals surface area (Å²) in [4.78, 5) is 10.8. The van der Waals surface area contributed by atoms with E-state index in [1.807, 2.05) is 0 Å². The van der Waals surface area contributed by atoms with E-state index in [1.165, 1.54) is 12.8 Å². The number of carboxylic acid groups (broad SMARTS) is 1. The van der Waals surface area contributed by atoms with Gasteiger partial charge in [-0.15, -0.1) is 0 Å². The fourth-order valence-corrected chi connectivity index (χ4v) is 2.11. The summed E-state index contributed by atoms with van der Waals surface area (Å²) in [6.45, 7) is 6.69. The van der Waals surface area contributed by atoms with Crippen LogP contribution in [0.2, 0.25) is 0 Å². The van der Waals surface area contributed by atoms with Gasteiger partial charge < -0.3 is 14.8 Å². The molecular formula is C13H19NO3. The summed E-state index contributed by atoms with van der Waals surface area (Å²) in [7, 11) is 0. The predicted octanol–water partition coefficient (Wildman–Crippen LogP) is 2.56. The first kappa shape index (κ1) is 12.2. The molecule has 0 unspecified atom stereocenters. The third-order valence-corrected chi connectivity index (χ3v) is 3.48. The summed E-state index contributed by atoms with van der Waals surface area (Å²) in [5, 5.41) is 12.3. The summed E-state index contributed by atoms with van der Waals surface area (Å²) in [6.07, 6.45) is 2.55. The molecule has 1 heterocycles. The number of carbonyl (C=O) groups is 1. The lowest BCUT2D eigenvalue weighted by atomic mass is 9.99. The monoisotopic (exact) mass is 237 g/mol. The van der Waals surface area contributed by atoms with Crippen molar-refractivity contribution in [3.05, 3.63) is 23.2 Å². The molecule has 17 heavy (non-hydrogen) atoms. The maximum atomic E-state index is 10.8. The van der Waals surface area contributed by atoms with Crippen LogP contribution in [0.4, 0.5) is 0 Å². The van der Waals surface area contributed by atoms with Crippen molar-refractivity contribution in [2.24, 2.45) is 5.92 Å². The van der Waals surface area contributed by atoms with Crippen molar-refractivity contribution in [3.63, 3.8) is 0 Å². The standard InChI is InChI=1S/C13H19NO3/c1-8-6-10(17-11(8)12(15)16)7-14-13(2,3)9-4-5-9/h6,9,14H,4-5,7H2,1-3H3,(H,15,16). The van der Waals surface area contributed by atoms with Crippen LogP contribution in [0.3, 0.4) is 0 Å². The molecule has 94 valence electrons. The van der Waals surface area contributed by atoms with Crippen molar-refractivity contribution in [2.75, 3.05) is 0 Å². The molecule has 0 radical (unpaired) electrons. The van der Waals surface area contributed by atoms with Crippen LogP contribution in [0, 0.1) is 12.8 Å². The van der Waals surface area contributed by atoms with Crippen molar-refractivity contribution in [1.82, 2.24) is 5.32 Å². The molecule has 0 amide bonds. The van der Waals surface area contributed by atoms with E-state index < -0.39 is 5.97 Å². The number of furan rings is 1. The van der Waals surface area contributed by atoms with Gasteiger partial charge >= 0.3 is 5.97 Å². The minimum Gasteiger partial charge on any atom is -0.475 e. The molecule has 0 bridgehead atoms. The fraction of sp³-hybridized carbons (Fsp3) is 0.615. The van der Waals surface area contributed by atoms with Crippen LogP contribution in [0.5, 0.6) is 0 Å². The molecule has 4 heteroatoms. The lowest BCUT2D eigenvalue weighted by Crippen LogP contribution is -2.40. The molecule has 0 spiro atoms. The first-order valence-corrected chi connectivity index (χ1v) is 5.98. The number of nitrogens with one attached hydrogen (secondary N) is 1. The molecule has 1 aliphatic carbocycles. The molecule has 0 saturated heterocycles. The molecule has 4 nitrogen and oxygen atoms in total. The average Bonchev–Trinajstić information content (AvgIpc) is 3.00. The Morgan fingerprint density at radius 1 is 1.59 bits per heavy atom. The fourth-order valence-electron chi connectivity index (χ4n) is 2.11. The van der Waals surface area contributed by atoms with Gasteiger partial charge in [-0.25, -0.2) is 4.79 Å². The minimum absolute atomic E-state index is 0.0472. The zero-order valence-electron chi connectivity index (χ0n) is 10.5. The van der Waals surface area contributed by atoms with Gasteiger partial charge in [0.2, 0.25) is 5.76 Å². The lowest BCUT2D eigenvalue weighted by molar-refractivity contribution is 0.0659. The van der Waals surface area contributed by atoms with Gasteiger partial charge in [-0.05, 0) is 45.6 Å². The number of aryl methyl sites for hydroxylation is 1. The van der Waals surface area contributed by atoms with Crippen molar-refractivity contribution >= 4 is 5.97 Å². The molecule has 0 atom stereocenters. The number of rotatable bonds is 5. The van der Waals surface area contributed by atoms with Crippen LogP contribution in [0.15, 0.2) is 10.5 Å². The van der Waals surface area contributed by atoms with E-state index in [4.69, 9.17) is 9.52 Å². The van der Waals surface area contributed by atoms with Crippen LogP contribution in [0.25, 0.3) is 0 Å². The third-order valence-electron chi connectivity index (χ3n) is 3.48. The Kier molecular flexibility index (Phi) is 3.00. The van der Waals surface area contributed by atoms with Crippen molar-refractivity contribution in [3.8, 4) is 0 Å². The maximum Gasteiger partial charge on any atom is 0.372 e. The zero-order valence-corrected chi connectivity index (χ0v) is 10.5. The van der Waals surface area contributed by atoms with Gasteiger partial charge in [0.05, 0.1) is 6.54 Å². The van der Waals surface area contributed by atoms with E-state index in [2.05, 4.69) is 19.2 Å². The van der Waals surface area contributed by atoms with E-state index in [1.54, 1.807) is 13.0 Å². The van der Waals surface area contributed by atoms with E-state index >= 15 is 0 Å². The molecule has 0 aliphatic heterocycles. The Morgan fingerprint density at radius 2 is 2.24 bits per heavy atom. The highest BCUT2D eigenvalue weighted by atomic mass is 16.4. The maximum absolute atomic E-state index is 10.8. The van der Waals surface area contributed by atoms with Crippen molar-refractivity contribution < 1.29 is 14.3 Å². The van der Waals surface area contributed by atoms with Crippen LogP contribution in [-0.2, 0) is 6.54 Å². The SMILES string of the molecule is Cc1cc(CNC(C)(C)C2CC2)oc1C(=O)O. The molecule has 2 N–H and O–H groups in total. The van der Waals surface area contributed by atoms with Gasteiger partial charge in [0.15, 0.2) is 0 Å². The first-order valence-electron chi connectivity index (χ1n) is 5.98. The third kappa shape index (κ3) is 2.69. The highest BCUT2D eigenvalue weighted by molar-refractivity contribution is 5.86. The number of carboxylic acids is 1. The quantitative estimate of drug-likeness (QED) is 0.826. The summed E-state index contributed by atoms with van der Waals surface area (Å²) < 4.78 is 5.31. The van der Waals surface area contributed by atoms with Crippen molar-refractivity contribution in [1.29, 1.82) is 0 Å². The Labute approximate surface area is 101 Å². The molecule has 2 rings (SSSR count). The smallest absolute Gasteiger partial charge is 0.372 e. The Balaban J connectivity index is 1.99. The minimum atomic E-state index is -1.00. The molecule has 1 aromatic heterocycles. The van der Waals surface area contributed by atoms with Crippen LogP contribution in [-0.4, -0.2) is 16.6 Å². The second kappa shape index (κ2) is 4.18.